The Morgan fingerprint density at radius 1 is 1.12 bits per heavy atom. The molecule has 0 saturated carbocycles. The van der Waals surface area contributed by atoms with Crippen LogP contribution in [0, 0.1) is 10.1 Å². The number of nitro benzene ring substituents is 1. The first-order valence-electron chi connectivity index (χ1n) is 7.74. The number of amides is 1. The second-order valence-electron chi connectivity index (χ2n) is 5.52. The minimum Gasteiger partial charge on any atom is -0.486 e. The summed E-state index contributed by atoms with van der Waals surface area (Å²) in [5.74, 6) is 0.989. The standard InChI is InChI=1S/C17H17N3O5/c1-11(17(21)19-12-3-2-4-14(9-12)20(22)23)18-13-5-6-15-16(10-13)25-8-7-24-15/h2-6,9-11,18H,7-8H2,1H3,(H,19,21)/t11-/m0/s1. The summed E-state index contributed by atoms with van der Waals surface area (Å²) in [5.41, 5.74) is 1.01. The number of hydrogen-bond donors (Lipinski definition) is 2. The number of carbonyl (C=O) groups excluding carboxylic acids is 1. The van der Waals surface area contributed by atoms with E-state index >= 15 is 0 Å². The van der Waals surface area contributed by atoms with E-state index in [1.807, 2.05) is 0 Å². The van der Waals surface area contributed by atoms with Crippen LogP contribution in [0.5, 0.6) is 11.5 Å². The summed E-state index contributed by atoms with van der Waals surface area (Å²) in [6.45, 7) is 2.70. The van der Waals surface area contributed by atoms with Crippen LogP contribution in [-0.4, -0.2) is 30.1 Å². The first-order valence-corrected chi connectivity index (χ1v) is 7.74. The summed E-state index contributed by atoms with van der Waals surface area (Å²) in [6.07, 6.45) is 0. The molecule has 1 atom stereocenters. The Hall–Kier alpha value is -3.29. The SMILES string of the molecule is C[C@H](Nc1ccc2c(c1)OCCO2)C(=O)Nc1cccc([N+](=O)[O-])c1. The average Bonchev–Trinajstić information content (AvgIpc) is 2.61. The van der Waals surface area contributed by atoms with E-state index in [0.717, 1.165) is 0 Å². The van der Waals surface area contributed by atoms with Crippen molar-refractivity contribution in [1.82, 2.24) is 0 Å². The quantitative estimate of drug-likeness (QED) is 0.639. The van der Waals surface area contributed by atoms with Crippen LogP contribution in [0.3, 0.4) is 0 Å². The van der Waals surface area contributed by atoms with Crippen LogP contribution in [0.15, 0.2) is 42.5 Å². The molecule has 2 aromatic rings. The molecule has 25 heavy (non-hydrogen) atoms. The molecule has 2 aromatic carbocycles. The van der Waals surface area contributed by atoms with Gasteiger partial charge in [0.25, 0.3) is 5.69 Å². The Morgan fingerprint density at radius 3 is 2.64 bits per heavy atom. The molecule has 0 unspecified atom stereocenters. The Bertz CT molecular complexity index is 809. The Morgan fingerprint density at radius 2 is 1.88 bits per heavy atom. The van der Waals surface area contributed by atoms with Gasteiger partial charge in [0.05, 0.1) is 4.92 Å². The number of carbonyl (C=O) groups is 1. The number of hydrogen-bond acceptors (Lipinski definition) is 6. The Balaban J connectivity index is 1.64. The van der Waals surface area contributed by atoms with E-state index in [1.165, 1.54) is 18.2 Å². The molecule has 0 aliphatic carbocycles. The van der Waals surface area contributed by atoms with Crippen molar-refractivity contribution < 1.29 is 19.2 Å². The minimum atomic E-state index is -0.554. The smallest absolute Gasteiger partial charge is 0.271 e. The second-order valence-corrected chi connectivity index (χ2v) is 5.52. The monoisotopic (exact) mass is 343 g/mol. The molecule has 1 heterocycles. The summed E-state index contributed by atoms with van der Waals surface area (Å²) in [6, 6.07) is 10.6. The first-order chi connectivity index (χ1) is 12.0. The van der Waals surface area contributed by atoms with Crippen molar-refractivity contribution >= 4 is 23.0 Å². The fourth-order valence-corrected chi connectivity index (χ4v) is 2.40. The summed E-state index contributed by atoms with van der Waals surface area (Å²) in [7, 11) is 0. The van der Waals surface area contributed by atoms with Crippen molar-refractivity contribution in [1.29, 1.82) is 0 Å². The second kappa shape index (κ2) is 7.08. The normalized spacial score (nSPS) is 13.6. The molecule has 8 nitrogen and oxygen atoms in total. The molecule has 1 amide bonds. The molecule has 0 fully saturated rings. The van der Waals surface area contributed by atoms with Crippen molar-refractivity contribution in [2.75, 3.05) is 23.8 Å². The van der Waals surface area contributed by atoms with Crippen LogP contribution in [0.25, 0.3) is 0 Å². The fraction of sp³-hybridized carbons (Fsp3) is 0.235. The zero-order valence-corrected chi connectivity index (χ0v) is 13.5. The van der Waals surface area contributed by atoms with E-state index in [2.05, 4.69) is 10.6 Å². The molecule has 130 valence electrons. The van der Waals surface area contributed by atoms with E-state index < -0.39 is 11.0 Å². The molecule has 8 heteroatoms. The lowest BCUT2D eigenvalue weighted by Gasteiger charge is -2.20. The largest absolute Gasteiger partial charge is 0.486 e. The van der Waals surface area contributed by atoms with Crippen LogP contribution in [0.4, 0.5) is 17.1 Å². The first kappa shape index (κ1) is 16.6. The zero-order valence-electron chi connectivity index (χ0n) is 13.5. The maximum absolute atomic E-state index is 12.3. The number of nitrogens with one attached hydrogen (secondary N) is 2. The highest BCUT2D eigenvalue weighted by Crippen LogP contribution is 2.32. The molecule has 0 radical (unpaired) electrons. The predicted molar refractivity (Wildman–Crippen MR) is 92.2 cm³/mol. The molecule has 0 saturated heterocycles. The lowest BCUT2D eigenvalue weighted by molar-refractivity contribution is -0.384. The highest BCUT2D eigenvalue weighted by Gasteiger charge is 2.17. The Labute approximate surface area is 143 Å². The van der Waals surface area contributed by atoms with Gasteiger partial charge < -0.3 is 20.1 Å². The summed E-state index contributed by atoms with van der Waals surface area (Å²) in [5, 5.41) is 16.5. The lowest BCUT2D eigenvalue weighted by Crippen LogP contribution is -2.31. The third kappa shape index (κ3) is 3.97. The van der Waals surface area contributed by atoms with Crippen LogP contribution >= 0.6 is 0 Å². The van der Waals surface area contributed by atoms with E-state index in [0.29, 0.717) is 36.1 Å². The number of benzene rings is 2. The van der Waals surface area contributed by atoms with Crippen molar-refractivity contribution in [3.05, 3.63) is 52.6 Å². The molecule has 0 bridgehead atoms. The van der Waals surface area contributed by atoms with Gasteiger partial charge in [0, 0.05) is 29.6 Å². The van der Waals surface area contributed by atoms with E-state index in [4.69, 9.17) is 9.47 Å². The number of nitro groups is 1. The van der Waals surface area contributed by atoms with Gasteiger partial charge in [-0.05, 0) is 25.1 Å². The van der Waals surface area contributed by atoms with Crippen LogP contribution < -0.4 is 20.1 Å². The molecule has 3 rings (SSSR count). The fourth-order valence-electron chi connectivity index (χ4n) is 2.40. The summed E-state index contributed by atoms with van der Waals surface area (Å²) in [4.78, 5) is 22.6. The molecule has 0 spiro atoms. The minimum absolute atomic E-state index is 0.0785. The third-order valence-electron chi connectivity index (χ3n) is 3.64. The van der Waals surface area contributed by atoms with E-state index in [9.17, 15) is 14.9 Å². The number of rotatable bonds is 5. The maximum Gasteiger partial charge on any atom is 0.271 e. The molecular weight excluding hydrogens is 326 g/mol. The van der Waals surface area contributed by atoms with E-state index in [1.54, 1.807) is 31.2 Å². The van der Waals surface area contributed by atoms with Crippen molar-refractivity contribution in [3.63, 3.8) is 0 Å². The van der Waals surface area contributed by atoms with Crippen LogP contribution in [0.2, 0.25) is 0 Å². The summed E-state index contributed by atoms with van der Waals surface area (Å²) < 4.78 is 11.0. The van der Waals surface area contributed by atoms with Gasteiger partial charge in [0.1, 0.15) is 19.3 Å². The van der Waals surface area contributed by atoms with Crippen molar-refractivity contribution in [2.45, 2.75) is 13.0 Å². The Kier molecular flexibility index (Phi) is 4.69. The number of ether oxygens (including phenoxy) is 2. The van der Waals surface area contributed by atoms with Gasteiger partial charge in [-0.3, -0.25) is 14.9 Å². The highest BCUT2D eigenvalue weighted by atomic mass is 16.6. The van der Waals surface area contributed by atoms with Crippen LogP contribution in [0.1, 0.15) is 6.92 Å². The predicted octanol–water partition coefficient (Wildman–Crippen LogP) is 2.81. The molecule has 2 N–H and O–H groups in total. The maximum atomic E-state index is 12.3. The molecule has 1 aliphatic rings. The average molecular weight is 343 g/mol. The van der Waals surface area contributed by atoms with E-state index in [-0.39, 0.29) is 11.6 Å². The van der Waals surface area contributed by atoms with Crippen LogP contribution in [-0.2, 0) is 4.79 Å². The van der Waals surface area contributed by atoms with Crippen molar-refractivity contribution in [3.8, 4) is 11.5 Å². The van der Waals surface area contributed by atoms with Gasteiger partial charge in [-0.25, -0.2) is 0 Å². The van der Waals surface area contributed by atoms with Gasteiger partial charge in [-0.2, -0.15) is 0 Å². The molecule has 1 aliphatic heterocycles. The lowest BCUT2D eigenvalue weighted by atomic mass is 10.2. The van der Waals surface area contributed by atoms with Gasteiger partial charge in [0.15, 0.2) is 11.5 Å². The summed E-state index contributed by atoms with van der Waals surface area (Å²) >= 11 is 0. The van der Waals surface area contributed by atoms with Gasteiger partial charge >= 0.3 is 0 Å². The van der Waals surface area contributed by atoms with Gasteiger partial charge in [0.2, 0.25) is 5.91 Å². The number of fused-ring (bicyclic) bond motifs is 1. The highest BCUT2D eigenvalue weighted by molar-refractivity contribution is 5.96. The van der Waals surface area contributed by atoms with Crippen molar-refractivity contribution in [2.24, 2.45) is 0 Å². The van der Waals surface area contributed by atoms with Gasteiger partial charge in [-0.15, -0.1) is 0 Å². The zero-order chi connectivity index (χ0) is 17.8. The third-order valence-corrected chi connectivity index (χ3v) is 3.64. The number of nitrogens with zero attached hydrogens (tertiary/aromatic N) is 1. The molecule has 0 aromatic heterocycles. The number of non-ortho nitro benzene ring substituents is 1. The topological polar surface area (TPSA) is 103 Å². The van der Waals surface area contributed by atoms with Gasteiger partial charge in [-0.1, -0.05) is 6.07 Å². The number of anilines is 2. The molecular formula is C17H17N3O5.